The van der Waals surface area contributed by atoms with Gasteiger partial charge in [0.25, 0.3) is 0 Å². The average molecular weight is 261 g/mol. The monoisotopic (exact) mass is 261 g/mol. The number of carbonyl (C=O) groups is 2. The first-order valence-corrected chi connectivity index (χ1v) is 6.38. The summed E-state index contributed by atoms with van der Waals surface area (Å²) in [5.41, 5.74) is 2.23. The molecule has 0 unspecified atom stereocenters. The van der Waals surface area contributed by atoms with Crippen LogP contribution >= 0.6 is 0 Å². The molecular weight excluding hydrogens is 242 g/mol. The smallest absolute Gasteiger partial charge is 0.303 e. The van der Waals surface area contributed by atoms with Crippen molar-refractivity contribution in [1.82, 2.24) is 5.32 Å². The number of amides is 1. The van der Waals surface area contributed by atoms with Crippen molar-refractivity contribution in [1.29, 1.82) is 0 Å². The van der Waals surface area contributed by atoms with E-state index in [2.05, 4.69) is 12.2 Å². The summed E-state index contributed by atoms with van der Waals surface area (Å²) in [6, 6.07) is 7.99. The number of hydrogen-bond donors (Lipinski definition) is 2. The lowest BCUT2D eigenvalue weighted by Gasteiger charge is -2.00. The first-order chi connectivity index (χ1) is 9.11. The van der Waals surface area contributed by atoms with Crippen molar-refractivity contribution in [2.24, 2.45) is 0 Å². The van der Waals surface area contributed by atoms with E-state index in [-0.39, 0.29) is 12.3 Å². The van der Waals surface area contributed by atoms with E-state index in [1.807, 2.05) is 24.3 Å². The number of rotatable bonds is 7. The quantitative estimate of drug-likeness (QED) is 0.584. The first kappa shape index (κ1) is 15.0. The second-order valence-corrected chi connectivity index (χ2v) is 4.22. The highest BCUT2D eigenvalue weighted by Gasteiger charge is 1.98. The van der Waals surface area contributed by atoms with Gasteiger partial charge in [-0.2, -0.15) is 0 Å². The van der Waals surface area contributed by atoms with Gasteiger partial charge in [-0.05, 0) is 30.0 Å². The summed E-state index contributed by atoms with van der Waals surface area (Å²) >= 11 is 0. The van der Waals surface area contributed by atoms with Crippen LogP contribution in [0.5, 0.6) is 0 Å². The van der Waals surface area contributed by atoms with Crippen molar-refractivity contribution >= 4 is 18.0 Å². The van der Waals surface area contributed by atoms with Gasteiger partial charge in [0.15, 0.2) is 0 Å². The molecule has 4 heteroatoms. The highest BCUT2D eigenvalue weighted by atomic mass is 16.4. The molecule has 4 nitrogen and oxygen atoms in total. The fourth-order valence-electron chi connectivity index (χ4n) is 1.55. The third-order valence-corrected chi connectivity index (χ3v) is 2.68. The minimum Gasteiger partial charge on any atom is -0.481 e. The maximum atomic E-state index is 11.4. The largest absolute Gasteiger partial charge is 0.481 e. The van der Waals surface area contributed by atoms with E-state index in [1.165, 1.54) is 11.6 Å². The van der Waals surface area contributed by atoms with Gasteiger partial charge in [-0.1, -0.05) is 31.2 Å². The molecule has 19 heavy (non-hydrogen) atoms. The Hall–Kier alpha value is -2.10. The molecular formula is C15H19NO3. The Morgan fingerprint density at radius 2 is 1.95 bits per heavy atom. The van der Waals surface area contributed by atoms with Crippen LogP contribution in [0.4, 0.5) is 0 Å². The molecule has 1 amide bonds. The summed E-state index contributed by atoms with van der Waals surface area (Å²) in [7, 11) is 0. The van der Waals surface area contributed by atoms with Crippen LogP contribution in [0, 0.1) is 0 Å². The van der Waals surface area contributed by atoms with Gasteiger partial charge in [0.1, 0.15) is 0 Å². The number of hydrogen-bond acceptors (Lipinski definition) is 2. The first-order valence-electron chi connectivity index (χ1n) is 6.38. The van der Waals surface area contributed by atoms with Gasteiger partial charge < -0.3 is 10.4 Å². The molecule has 0 spiro atoms. The topological polar surface area (TPSA) is 66.4 Å². The highest BCUT2D eigenvalue weighted by molar-refractivity contribution is 5.91. The van der Waals surface area contributed by atoms with Gasteiger partial charge in [-0.3, -0.25) is 9.59 Å². The SMILES string of the molecule is CCc1ccc(/C=C/C(=O)NCCCC(=O)O)cc1. The summed E-state index contributed by atoms with van der Waals surface area (Å²) in [6.45, 7) is 2.47. The molecule has 0 saturated heterocycles. The van der Waals surface area contributed by atoms with Gasteiger partial charge in [0, 0.05) is 19.0 Å². The van der Waals surface area contributed by atoms with E-state index < -0.39 is 5.97 Å². The summed E-state index contributed by atoms with van der Waals surface area (Å²) < 4.78 is 0. The van der Waals surface area contributed by atoms with Crippen molar-refractivity contribution in [3.8, 4) is 0 Å². The molecule has 0 atom stereocenters. The molecule has 1 rings (SSSR count). The van der Waals surface area contributed by atoms with E-state index in [1.54, 1.807) is 6.08 Å². The van der Waals surface area contributed by atoms with Crippen LogP contribution in [0.25, 0.3) is 6.08 Å². The minimum atomic E-state index is -0.846. The van der Waals surface area contributed by atoms with Crippen molar-refractivity contribution in [3.63, 3.8) is 0 Å². The third kappa shape index (κ3) is 6.41. The lowest BCUT2D eigenvalue weighted by molar-refractivity contribution is -0.137. The van der Waals surface area contributed by atoms with Crippen molar-refractivity contribution in [3.05, 3.63) is 41.5 Å². The van der Waals surface area contributed by atoms with Gasteiger partial charge in [0.2, 0.25) is 5.91 Å². The Kier molecular flexibility index (Phi) is 6.36. The zero-order valence-electron chi connectivity index (χ0n) is 11.1. The molecule has 1 aromatic rings. The second kappa shape index (κ2) is 8.08. The third-order valence-electron chi connectivity index (χ3n) is 2.68. The van der Waals surface area contributed by atoms with Crippen molar-refractivity contribution in [2.45, 2.75) is 26.2 Å². The number of carboxylic acids is 1. The molecule has 0 heterocycles. The van der Waals surface area contributed by atoms with E-state index in [4.69, 9.17) is 5.11 Å². The molecule has 0 radical (unpaired) electrons. The summed E-state index contributed by atoms with van der Waals surface area (Å²) in [5.74, 6) is -1.05. The van der Waals surface area contributed by atoms with Gasteiger partial charge >= 0.3 is 5.97 Å². The number of carboxylic acid groups (broad SMARTS) is 1. The summed E-state index contributed by atoms with van der Waals surface area (Å²) in [5, 5.41) is 11.1. The minimum absolute atomic E-state index is 0.0719. The number of carbonyl (C=O) groups excluding carboxylic acids is 1. The Bertz CT molecular complexity index is 449. The van der Waals surface area contributed by atoms with Gasteiger partial charge in [-0.15, -0.1) is 0 Å². The molecule has 0 fully saturated rings. The Labute approximate surface area is 113 Å². The zero-order chi connectivity index (χ0) is 14.1. The molecule has 2 N–H and O–H groups in total. The summed E-state index contributed by atoms with van der Waals surface area (Å²) in [6.07, 6.45) is 4.71. The molecule has 0 aliphatic heterocycles. The zero-order valence-corrected chi connectivity index (χ0v) is 11.1. The van der Waals surface area contributed by atoms with Gasteiger partial charge in [-0.25, -0.2) is 0 Å². The van der Waals surface area contributed by atoms with E-state index in [0.717, 1.165) is 12.0 Å². The fourth-order valence-corrected chi connectivity index (χ4v) is 1.55. The maximum absolute atomic E-state index is 11.4. The van der Waals surface area contributed by atoms with Crippen molar-refractivity contribution < 1.29 is 14.7 Å². The standard InChI is InChI=1S/C15H19NO3/c1-2-12-5-7-13(8-6-12)9-10-14(17)16-11-3-4-15(18)19/h5-10H,2-4,11H2,1H3,(H,16,17)(H,18,19)/b10-9+. The molecule has 0 aliphatic carbocycles. The molecule has 102 valence electrons. The molecule has 0 saturated carbocycles. The van der Waals surface area contributed by atoms with Crippen LogP contribution in [0.15, 0.2) is 30.3 Å². The Morgan fingerprint density at radius 1 is 1.26 bits per heavy atom. The van der Waals surface area contributed by atoms with Crippen LogP contribution in [-0.2, 0) is 16.0 Å². The fraction of sp³-hybridized carbons (Fsp3) is 0.333. The second-order valence-electron chi connectivity index (χ2n) is 4.22. The predicted molar refractivity (Wildman–Crippen MR) is 74.7 cm³/mol. The average Bonchev–Trinajstić information content (AvgIpc) is 2.41. The molecule has 1 aromatic carbocycles. The van der Waals surface area contributed by atoms with Crippen molar-refractivity contribution in [2.75, 3.05) is 6.54 Å². The number of aliphatic carboxylic acids is 1. The van der Waals surface area contributed by atoms with Crippen LogP contribution in [0.3, 0.4) is 0 Å². The summed E-state index contributed by atoms with van der Waals surface area (Å²) in [4.78, 5) is 21.7. The normalized spacial score (nSPS) is 10.6. The van der Waals surface area contributed by atoms with Gasteiger partial charge in [0.05, 0.1) is 0 Å². The van der Waals surface area contributed by atoms with E-state index in [9.17, 15) is 9.59 Å². The van der Waals surface area contributed by atoms with E-state index in [0.29, 0.717) is 13.0 Å². The molecule has 0 aliphatic rings. The van der Waals surface area contributed by atoms with E-state index >= 15 is 0 Å². The molecule has 0 bridgehead atoms. The van der Waals surface area contributed by atoms with Crippen LogP contribution in [0.2, 0.25) is 0 Å². The predicted octanol–water partition coefficient (Wildman–Crippen LogP) is 2.24. The van der Waals surface area contributed by atoms with Crippen LogP contribution < -0.4 is 5.32 Å². The Morgan fingerprint density at radius 3 is 2.53 bits per heavy atom. The lowest BCUT2D eigenvalue weighted by Crippen LogP contribution is -2.22. The van der Waals surface area contributed by atoms with Crippen LogP contribution in [-0.4, -0.2) is 23.5 Å². The lowest BCUT2D eigenvalue weighted by atomic mass is 10.1. The number of benzene rings is 1. The number of nitrogens with one attached hydrogen (secondary N) is 1. The highest BCUT2D eigenvalue weighted by Crippen LogP contribution is 2.06. The molecule has 0 aromatic heterocycles. The van der Waals surface area contributed by atoms with Crippen LogP contribution in [0.1, 0.15) is 30.9 Å². The Balaban J connectivity index is 2.34. The number of aryl methyl sites for hydroxylation is 1. The maximum Gasteiger partial charge on any atom is 0.303 e.